The maximum Gasteiger partial charge on any atom is 0.255 e. The predicted octanol–water partition coefficient (Wildman–Crippen LogP) is 5.28. The van der Waals surface area contributed by atoms with Crippen molar-refractivity contribution in [3.8, 4) is 22.5 Å². The average molecular weight is 569 g/mol. The Labute approximate surface area is 239 Å². The van der Waals surface area contributed by atoms with E-state index in [1.807, 2.05) is 0 Å². The van der Waals surface area contributed by atoms with Crippen molar-refractivity contribution in [2.45, 2.75) is 31.4 Å². The van der Waals surface area contributed by atoms with E-state index < -0.39 is 35.1 Å². The molecule has 0 spiro atoms. The topological polar surface area (TPSA) is 117 Å². The second kappa shape index (κ2) is 10.5. The molecule has 2 aromatic heterocycles. The summed E-state index contributed by atoms with van der Waals surface area (Å²) in [5.41, 5.74) is 1.24. The number of aliphatic hydroxyl groups excluding tert-OH is 1. The van der Waals surface area contributed by atoms with Gasteiger partial charge in [0.1, 0.15) is 28.5 Å². The van der Waals surface area contributed by atoms with Crippen LogP contribution in [0, 0.1) is 18.6 Å². The second-order valence-electron chi connectivity index (χ2n) is 10.4. The molecule has 212 valence electrons. The molecule has 1 saturated carbocycles. The van der Waals surface area contributed by atoms with Crippen LogP contribution in [0.2, 0.25) is 0 Å². The summed E-state index contributed by atoms with van der Waals surface area (Å²) in [6.45, 7) is 1.79. The van der Waals surface area contributed by atoms with Crippen molar-refractivity contribution in [3.63, 3.8) is 0 Å². The zero-order valence-corrected chi connectivity index (χ0v) is 22.7. The zero-order chi connectivity index (χ0) is 29.6. The minimum absolute atomic E-state index is 0.0154. The van der Waals surface area contributed by atoms with Gasteiger partial charge in [0, 0.05) is 49.0 Å². The Morgan fingerprint density at radius 1 is 0.976 bits per heavy atom. The Kier molecular flexibility index (Phi) is 6.78. The highest BCUT2D eigenvalue weighted by Crippen LogP contribution is 2.41. The Morgan fingerprint density at radius 2 is 1.69 bits per heavy atom. The first-order chi connectivity index (χ1) is 20.2. The van der Waals surface area contributed by atoms with E-state index in [0.29, 0.717) is 22.5 Å². The number of carbonyl (C=O) groups excluding carboxylic acids is 2. The van der Waals surface area contributed by atoms with E-state index in [1.165, 1.54) is 37.4 Å². The number of amides is 2. The molecule has 5 aromatic rings. The fourth-order valence-corrected chi connectivity index (χ4v) is 5.48. The third-order valence-electron chi connectivity index (χ3n) is 7.66. The number of carbonyl (C=O) groups is 2. The Bertz CT molecular complexity index is 1830. The molecule has 1 aliphatic carbocycles. The lowest BCUT2D eigenvalue weighted by Crippen LogP contribution is -2.57. The van der Waals surface area contributed by atoms with E-state index in [9.17, 15) is 19.1 Å². The van der Waals surface area contributed by atoms with Crippen molar-refractivity contribution in [2.24, 2.45) is 0 Å². The minimum atomic E-state index is -0.914. The fraction of sp³-hybridized carbons (Fsp3) is 0.188. The normalized spacial score (nSPS) is 18.0. The molecule has 2 amide bonds. The summed E-state index contributed by atoms with van der Waals surface area (Å²) in [5.74, 6) is -1.62. The van der Waals surface area contributed by atoms with Gasteiger partial charge in [0.2, 0.25) is 0 Å². The number of furan rings is 1. The van der Waals surface area contributed by atoms with Gasteiger partial charge in [-0.1, -0.05) is 6.07 Å². The monoisotopic (exact) mass is 568 g/mol. The molecule has 1 aliphatic rings. The molecule has 8 nitrogen and oxygen atoms in total. The zero-order valence-electron chi connectivity index (χ0n) is 22.7. The first kappa shape index (κ1) is 27.2. The standard InChI is InChI=1S/C32H26F2N4O4/c1-17-4-5-19(29(40)38-32(15-21(39)16-32)31-36-12-3-13-37-31)14-23(17)22-10-11-24-25(27(22)34)26(30(41)35-2)28(42-24)18-6-8-20(33)9-7-18/h3-14,21,39H,15-16H2,1-2H3,(H,35,41)(H,38,40). The van der Waals surface area contributed by atoms with Crippen LogP contribution >= 0.6 is 0 Å². The molecule has 6 rings (SSSR count). The third kappa shape index (κ3) is 4.59. The van der Waals surface area contributed by atoms with Gasteiger partial charge in [-0.2, -0.15) is 0 Å². The third-order valence-corrected chi connectivity index (χ3v) is 7.66. The van der Waals surface area contributed by atoms with E-state index in [2.05, 4.69) is 20.6 Å². The van der Waals surface area contributed by atoms with E-state index in [1.54, 1.807) is 49.6 Å². The first-order valence-corrected chi connectivity index (χ1v) is 13.3. The molecule has 0 saturated heterocycles. The van der Waals surface area contributed by atoms with Crippen LogP contribution in [0.4, 0.5) is 8.78 Å². The van der Waals surface area contributed by atoms with Crippen molar-refractivity contribution in [1.82, 2.24) is 20.6 Å². The highest BCUT2D eigenvalue weighted by molar-refractivity contribution is 6.12. The lowest BCUT2D eigenvalue weighted by Gasteiger charge is -2.44. The summed E-state index contributed by atoms with van der Waals surface area (Å²) in [4.78, 5) is 35.0. The Balaban J connectivity index is 1.42. The summed E-state index contributed by atoms with van der Waals surface area (Å²) in [5, 5.41) is 15.5. The SMILES string of the molecule is CNC(=O)c1c(-c2ccc(F)cc2)oc2ccc(-c3cc(C(=O)NC4(c5ncccn5)CC(O)C4)ccc3C)c(F)c12. The van der Waals surface area contributed by atoms with Crippen LogP contribution in [0.3, 0.4) is 0 Å². The number of hydrogen-bond donors (Lipinski definition) is 3. The molecular weight excluding hydrogens is 542 g/mol. The maximum atomic E-state index is 16.4. The number of halogens is 2. The smallest absolute Gasteiger partial charge is 0.255 e. The number of aliphatic hydroxyl groups is 1. The molecule has 3 N–H and O–H groups in total. The van der Waals surface area contributed by atoms with E-state index in [0.717, 1.165) is 0 Å². The van der Waals surface area contributed by atoms with Crippen LogP contribution in [0.1, 0.15) is 44.9 Å². The largest absolute Gasteiger partial charge is 0.455 e. The van der Waals surface area contributed by atoms with Gasteiger partial charge < -0.3 is 20.2 Å². The highest BCUT2D eigenvalue weighted by Gasteiger charge is 2.48. The first-order valence-electron chi connectivity index (χ1n) is 13.3. The lowest BCUT2D eigenvalue weighted by atomic mass is 9.73. The van der Waals surface area contributed by atoms with Gasteiger partial charge >= 0.3 is 0 Å². The van der Waals surface area contributed by atoms with Gasteiger partial charge in [-0.3, -0.25) is 9.59 Å². The molecule has 3 aromatic carbocycles. The van der Waals surface area contributed by atoms with Crippen molar-refractivity contribution < 1.29 is 27.9 Å². The molecule has 0 atom stereocenters. The summed E-state index contributed by atoms with van der Waals surface area (Å²) < 4.78 is 35.9. The summed E-state index contributed by atoms with van der Waals surface area (Å²) in [6.07, 6.45) is 3.10. The molecule has 2 heterocycles. The Hall–Kier alpha value is -4.96. The second-order valence-corrected chi connectivity index (χ2v) is 10.4. The average Bonchev–Trinajstić information content (AvgIpc) is 3.38. The predicted molar refractivity (Wildman–Crippen MR) is 152 cm³/mol. The molecule has 0 unspecified atom stereocenters. The van der Waals surface area contributed by atoms with Gasteiger partial charge in [-0.15, -0.1) is 0 Å². The van der Waals surface area contributed by atoms with Crippen LogP contribution < -0.4 is 10.6 Å². The molecule has 0 aliphatic heterocycles. The molecular formula is C32H26F2N4O4. The molecule has 10 heteroatoms. The lowest BCUT2D eigenvalue weighted by molar-refractivity contribution is -0.00344. The highest BCUT2D eigenvalue weighted by atomic mass is 19.1. The summed E-state index contributed by atoms with van der Waals surface area (Å²) in [7, 11) is 1.43. The van der Waals surface area contributed by atoms with Crippen molar-refractivity contribution in [3.05, 3.63) is 107 Å². The minimum Gasteiger partial charge on any atom is -0.455 e. The number of aryl methyl sites for hydroxylation is 1. The van der Waals surface area contributed by atoms with Crippen LogP contribution in [0.5, 0.6) is 0 Å². The van der Waals surface area contributed by atoms with Gasteiger partial charge in [0.15, 0.2) is 5.82 Å². The van der Waals surface area contributed by atoms with Crippen molar-refractivity contribution in [2.75, 3.05) is 7.05 Å². The Morgan fingerprint density at radius 3 is 2.36 bits per heavy atom. The molecule has 0 bridgehead atoms. The van der Waals surface area contributed by atoms with Crippen LogP contribution in [-0.4, -0.2) is 40.0 Å². The van der Waals surface area contributed by atoms with Crippen LogP contribution in [0.15, 0.2) is 77.5 Å². The van der Waals surface area contributed by atoms with Crippen molar-refractivity contribution in [1.29, 1.82) is 0 Å². The molecule has 1 fully saturated rings. The number of benzene rings is 3. The summed E-state index contributed by atoms with van der Waals surface area (Å²) >= 11 is 0. The number of nitrogens with zero attached hydrogens (tertiary/aromatic N) is 2. The number of aromatic nitrogens is 2. The van der Waals surface area contributed by atoms with Gasteiger partial charge in [0.25, 0.3) is 11.8 Å². The maximum absolute atomic E-state index is 16.4. The van der Waals surface area contributed by atoms with Crippen LogP contribution in [-0.2, 0) is 5.54 Å². The number of nitrogens with one attached hydrogen (secondary N) is 2. The van der Waals surface area contributed by atoms with Gasteiger partial charge in [-0.25, -0.2) is 18.7 Å². The molecule has 0 radical (unpaired) electrons. The quantitative estimate of drug-likeness (QED) is 0.257. The number of rotatable bonds is 6. The van der Waals surface area contributed by atoms with Crippen LogP contribution in [0.25, 0.3) is 33.4 Å². The number of fused-ring (bicyclic) bond motifs is 1. The van der Waals surface area contributed by atoms with Gasteiger partial charge in [-0.05, 0) is 72.6 Å². The fourth-order valence-electron chi connectivity index (χ4n) is 5.48. The van der Waals surface area contributed by atoms with E-state index in [4.69, 9.17) is 4.42 Å². The van der Waals surface area contributed by atoms with Crippen molar-refractivity contribution >= 4 is 22.8 Å². The summed E-state index contributed by atoms with van der Waals surface area (Å²) in [6, 6.07) is 15.1. The van der Waals surface area contributed by atoms with E-state index >= 15 is 4.39 Å². The molecule has 42 heavy (non-hydrogen) atoms. The van der Waals surface area contributed by atoms with E-state index in [-0.39, 0.29) is 46.3 Å². The number of hydrogen-bond acceptors (Lipinski definition) is 6. The van der Waals surface area contributed by atoms with Gasteiger partial charge in [0.05, 0.1) is 17.1 Å².